The Labute approximate surface area is 161 Å². The highest BCUT2D eigenvalue weighted by atomic mass is 32.1. The third kappa shape index (κ3) is 3.22. The Hall–Kier alpha value is -2.93. The number of carbonyl (C=O) groups is 1. The van der Waals surface area contributed by atoms with Gasteiger partial charge in [0.1, 0.15) is 17.8 Å². The lowest BCUT2D eigenvalue weighted by atomic mass is 10.1. The van der Waals surface area contributed by atoms with Gasteiger partial charge in [-0.3, -0.25) is 4.79 Å². The molecule has 4 rings (SSSR count). The molecule has 144 valence electrons. The lowest BCUT2D eigenvalue weighted by molar-refractivity contribution is -0.158. The third-order valence-corrected chi connectivity index (χ3v) is 5.57. The smallest absolute Gasteiger partial charge is 0.339 e. The Morgan fingerprint density at radius 3 is 2.86 bits per heavy atom. The summed E-state index contributed by atoms with van der Waals surface area (Å²) in [4.78, 5) is 17.3. The van der Waals surface area contributed by atoms with Crippen LogP contribution in [0.2, 0.25) is 0 Å². The Balaban J connectivity index is 1.74. The molecule has 0 aliphatic heterocycles. The van der Waals surface area contributed by atoms with E-state index in [0.717, 1.165) is 0 Å². The van der Waals surface area contributed by atoms with Gasteiger partial charge in [-0.15, -0.1) is 11.3 Å². The molecule has 1 N–H and O–H groups in total. The van der Waals surface area contributed by atoms with Crippen LogP contribution in [-0.4, -0.2) is 32.7 Å². The summed E-state index contributed by atoms with van der Waals surface area (Å²) in [7, 11) is 0. The minimum absolute atomic E-state index is 0.0788. The minimum Gasteiger partial charge on any atom is -0.339 e. The van der Waals surface area contributed by atoms with Crippen molar-refractivity contribution in [2.24, 2.45) is 5.92 Å². The first-order chi connectivity index (χ1) is 13.3. The first-order valence-corrected chi connectivity index (χ1v) is 9.38. The average molecular weight is 405 g/mol. The van der Waals surface area contributed by atoms with Crippen LogP contribution in [-0.2, 0) is 0 Å². The molecule has 3 aromatic rings. The molecule has 10 heteroatoms. The van der Waals surface area contributed by atoms with Crippen molar-refractivity contribution in [1.82, 2.24) is 19.9 Å². The van der Waals surface area contributed by atoms with Gasteiger partial charge in [-0.2, -0.15) is 23.5 Å². The molecular formula is C18H14F3N5OS. The highest BCUT2D eigenvalue weighted by Gasteiger charge is 2.49. The molecule has 0 saturated heterocycles. The number of fused-ring (bicyclic) bond motifs is 1. The van der Waals surface area contributed by atoms with E-state index in [4.69, 9.17) is 0 Å². The van der Waals surface area contributed by atoms with Crippen molar-refractivity contribution >= 4 is 22.9 Å². The summed E-state index contributed by atoms with van der Waals surface area (Å²) >= 11 is 1.32. The predicted octanol–water partition coefficient (Wildman–Crippen LogP) is 3.71. The summed E-state index contributed by atoms with van der Waals surface area (Å²) in [5, 5.41) is 17.4. The van der Waals surface area contributed by atoms with E-state index < -0.39 is 24.0 Å². The van der Waals surface area contributed by atoms with Crippen LogP contribution in [0.5, 0.6) is 0 Å². The summed E-state index contributed by atoms with van der Waals surface area (Å²) in [6.45, 7) is 1.76. The Kier molecular flexibility index (Phi) is 4.34. The largest absolute Gasteiger partial charge is 0.408 e. The number of halogens is 3. The molecule has 1 atom stereocenters. The number of rotatable bonds is 4. The van der Waals surface area contributed by atoms with E-state index >= 15 is 0 Å². The lowest BCUT2D eigenvalue weighted by Crippen LogP contribution is -2.47. The molecule has 1 amide bonds. The summed E-state index contributed by atoms with van der Waals surface area (Å²) < 4.78 is 41.0. The monoisotopic (exact) mass is 405 g/mol. The molecule has 1 aliphatic rings. The van der Waals surface area contributed by atoms with Gasteiger partial charge in [0.05, 0.1) is 16.6 Å². The van der Waals surface area contributed by atoms with Gasteiger partial charge in [-0.25, -0.2) is 9.50 Å². The fourth-order valence-electron chi connectivity index (χ4n) is 3.10. The normalized spacial score (nSPS) is 15.4. The molecule has 0 unspecified atom stereocenters. The topological polar surface area (TPSA) is 83.1 Å². The second-order valence-corrected chi connectivity index (χ2v) is 7.61. The van der Waals surface area contributed by atoms with E-state index in [1.54, 1.807) is 24.4 Å². The second kappa shape index (κ2) is 6.60. The SMILES string of the molecule is Cc1cc(-c2sccc2C#N)nn2c(C(=O)N[C@@H](C3CC3)C(F)(F)F)cnc12. The number of aromatic nitrogens is 3. The lowest BCUT2D eigenvalue weighted by Gasteiger charge is -2.21. The van der Waals surface area contributed by atoms with Crippen molar-refractivity contribution in [1.29, 1.82) is 5.26 Å². The van der Waals surface area contributed by atoms with Crippen molar-refractivity contribution < 1.29 is 18.0 Å². The zero-order valence-electron chi connectivity index (χ0n) is 14.6. The predicted molar refractivity (Wildman–Crippen MR) is 95.8 cm³/mol. The maximum Gasteiger partial charge on any atom is 0.408 e. The van der Waals surface area contributed by atoms with Gasteiger partial charge in [-0.05, 0) is 48.8 Å². The van der Waals surface area contributed by atoms with E-state index in [1.165, 1.54) is 22.0 Å². The van der Waals surface area contributed by atoms with Gasteiger partial charge in [0.15, 0.2) is 11.3 Å². The molecule has 3 aromatic heterocycles. The van der Waals surface area contributed by atoms with E-state index in [2.05, 4.69) is 21.5 Å². The number of carbonyl (C=O) groups excluding carboxylic acids is 1. The fraction of sp³-hybridized carbons (Fsp3) is 0.333. The number of amides is 1. The molecule has 0 bridgehead atoms. The van der Waals surface area contributed by atoms with E-state index in [9.17, 15) is 23.2 Å². The Bertz CT molecular complexity index is 1110. The van der Waals surface area contributed by atoms with E-state index in [-0.39, 0.29) is 5.69 Å². The summed E-state index contributed by atoms with van der Waals surface area (Å²) in [5.74, 6) is -1.46. The van der Waals surface area contributed by atoms with Gasteiger partial charge in [-0.1, -0.05) is 0 Å². The second-order valence-electron chi connectivity index (χ2n) is 6.70. The number of hydrogen-bond acceptors (Lipinski definition) is 5. The zero-order valence-corrected chi connectivity index (χ0v) is 15.4. The Morgan fingerprint density at radius 2 is 2.21 bits per heavy atom. The third-order valence-electron chi connectivity index (χ3n) is 4.64. The van der Waals surface area contributed by atoms with Gasteiger partial charge in [0.25, 0.3) is 5.91 Å². The molecule has 3 heterocycles. The van der Waals surface area contributed by atoms with Gasteiger partial charge < -0.3 is 5.32 Å². The van der Waals surface area contributed by atoms with Crippen LogP contribution in [0.15, 0.2) is 23.7 Å². The number of thiophene rings is 1. The molecule has 0 aromatic carbocycles. The van der Waals surface area contributed by atoms with Gasteiger partial charge in [0, 0.05) is 0 Å². The number of imidazole rings is 1. The molecule has 0 radical (unpaired) electrons. The molecular weight excluding hydrogens is 391 g/mol. The van der Waals surface area contributed by atoms with Crippen LogP contribution in [0.4, 0.5) is 13.2 Å². The number of hydrogen-bond donors (Lipinski definition) is 1. The molecule has 1 fully saturated rings. The van der Waals surface area contributed by atoms with E-state index in [1.807, 2.05) is 0 Å². The molecule has 6 nitrogen and oxygen atoms in total. The van der Waals surface area contributed by atoms with Gasteiger partial charge >= 0.3 is 6.18 Å². The van der Waals surface area contributed by atoms with Crippen LogP contribution < -0.4 is 5.32 Å². The zero-order chi connectivity index (χ0) is 20.1. The highest BCUT2D eigenvalue weighted by molar-refractivity contribution is 7.13. The minimum atomic E-state index is -4.51. The number of nitrogens with zero attached hydrogens (tertiary/aromatic N) is 4. The summed E-state index contributed by atoms with van der Waals surface area (Å²) in [6.07, 6.45) is -2.41. The van der Waals surface area contributed by atoms with Crippen LogP contribution in [0.1, 0.15) is 34.5 Å². The van der Waals surface area contributed by atoms with Crippen LogP contribution in [0, 0.1) is 24.2 Å². The van der Waals surface area contributed by atoms with Crippen LogP contribution in [0.25, 0.3) is 16.2 Å². The fourth-order valence-corrected chi connectivity index (χ4v) is 3.90. The first-order valence-electron chi connectivity index (χ1n) is 8.50. The quantitative estimate of drug-likeness (QED) is 0.717. The van der Waals surface area contributed by atoms with Crippen molar-refractivity contribution in [2.75, 3.05) is 0 Å². The molecule has 1 saturated carbocycles. The number of aryl methyl sites for hydroxylation is 1. The maximum atomic E-state index is 13.2. The number of alkyl halides is 3. The van der Waals surface area contributed by atoms with E-state index in [0.29, 0.717) is 40.2 Å². The molecule has 28 heavy (non-hydrogen) atoms. The standard InChI is InChI=1S/C18H14F3N5OS/c1-9-6-12(14-11(7-22)4-5-28-14)25-26-13(8-23-16(9)26)17(27)24-15(10-2-3-10)18(19,20)21/h4-6,8,10,15H,2-3H2,1H3,(H,24,27)/t15-/m0/s1. The first kappa shape index (κ1) is 18.4. The molecule has 0 spiro atoms. The number of nitriles is 1. The van der Waals surface area contributed by atoms with Crippen molar-refractivity contribution in [3.05, 3.63) is 40.5 Å². The van der Waals surface area contributed by atoms with Crippen molar-refractivity contribution in [2.45, 2.75) is 32.0 Å². The highest BCUT2D eigenvalue weighted by Crippen LogP contribution is 2.40. The Morgan fingerprint density at radius 1 is 1.46 bits per heavy atom. The van der Waals surface area contributed by atoms with Crippen molar-refractivity contribution in [3.8, 4) is 16.6 Å². The molecule has 1 aliphatic carbocycles. The summed E-state index contributed by atoms with van der Waals surface area (Å²) in [5.41, 5.74) is 1.88. The van der Waals surface area contributed by atoms with Crippen LogP contribution >= 0.6 is 11.3 Å². The van der Waals surface area contributed by atoms with Gasteiger partial charge in [0.2, 0.25) is 0 Å². The van der Waals surface area contributed by atoms with Crippen LogP contribution in [0.3, 0.4) is 0 Å². The van der Waals surface area contributed by atoms with Crippen molar-refractivity contribution in [3.63, 3.8) is 0 Å². The average Bonchev–Trinajstić information content (AvgIpc) is 3.18. The maximum absolute atomic E-state index is 13.2. The summed E-state index contributed by atoms with van der Waals surface area (Å²) in [6, 6.07) is 3.59. The number of nitrogens with one attached hydrogen (secondary N) is 1.